The van der Waals surface area contributed by atoms with Crippen LogP contribution in [0.5, 0.6) is 11.5 Å². The Morgan fingerprint density at radius 3 is 2.77 bits per heavy atom. The number of halogens is 1. The Labute approximate surface area is 171 Å². The van der Waals surface area contributed by atoms with Crippen LogP contribution in [0.1, 0.15) is 11.3 Å². The third-order valence-electron chi connectivity index (χ3n) is 5.27. The predicted molar refractivity (Wildman–Crippen MR) is 110 cm³/mol. The number of pyridine rings is 1. The van der Waals surface area contributed by atoms with Gasteiger partial charge in [-0.25, -0.2) is 9.67 Å². The Balaban J connectivity index is 1.63. The molecule has 2 N–H and O–H groups in total. The third-order valence-corrected chi connectivity index (χ3v) is 5.27. The quantitative estimate of drug-likeness (QED) is 0.528. The van der Waals surface area contributed by atoms with Crippen LogP contribution >= 0.6 is 0 Å². The molecular weight excluding hydrogens is 385 g/mol. The van der Waals surface area contributed by atoms with Crippen molar-refractivity contribution in [2.45, 2.75) is 5.66 Å². The van der Waals surface area contributed by atoms with Gasteiger partial charge in [0.2, 0.25) is 0 Å². The summed E-state index contributed by atoms with van der Waals surface area (Å²) < 4.78 is 22.5. The number of aromatic nitrogens is 4. The first-order valence-corrected chi connectivity index (χ1v) is 9.27. The zero-order chi connectivity index (χ0) is 20.9. The molecule has 0 aliphatic carbocycles. The van der Waals surface area contributed by atoms with E-state index in [1.807, 2.05) is 31.3 Å². The molecule has 2 aromatic heterocycles. The van der Waals surface area contributed by atoms with Crippen molar-refractivity contribution < 1.29 is 9.13 Å². The van der Waals surface area contributed by atoms with Crippen molar-refractivity contribution in [3.8, 4) is 11.5 Å². The van der Waals surface area contributed by atoms with Crippen LogP contribution in [0.15, 0.2) is 65.8 Å². The minimum atomic E-state index is -1.41. The predicted octanol–water partition coefficient (Wildman–Crippen LogP) is 3.22. The number of aliphatic imine (C=N–C) groups is 1. The monoisotopic (exact) mass is 403 g/mol. The van der Waals surface area contributed by atoms with E-state index in [1.54, 1.807) is 48.3 Å². The van der Waals surface area contributed by atoms with Gasteiger partial charge in [-0.15, -0.1) is 5.10 Å². The van der Waals surface area contributed by atoms with E-state index in [9.17, 15) is 4.39 Å². The van der Waals surface area contributed by atoms with E-state index in [4.69, 9.17) is 10.5 Å². The largest absolute Gasteiger partial charge is 0.457 e. The van der Waals surface area contributed by atoms with Gasteiger partial charge >= 0.3 is 0 Å². The van der Waals surface area contributed by atoms with Crippen molar-refractivity contribution in [2.24, 2.45) is 17.8 Å². The zero-order valence-corrected chi connectivity index (χ0v) is 16.3. The molecule has 4 aromatic rings. The molecule has 1 aliphatic rings. The molecule has 0 radical (unpaired) electrons. The van der Waals surface area contributed by atoms with Crippen LogP contribution in [0.3, 0.4) is 0 Å². The van der Waals surface area contributed by atoms with Crippen LogP contribution in [0.25, 0.3) is 11.0 Å². The minimum Gasteiger partial charge on any atom is -0.457 e. The van der Waals surface area contributed by atoms with Crippen molar-refractivity contribution in [3.05, 3.63) is 72.1 Å². The smallest absolute Gasteiger partial charge is 0.287 e. The van der Waals surface area contributed by atoms with E-state index in [0.717, 1.165) is 5.52 Å². The molecule has 1 aliphatic heterocycles. The van der Waals surface area contributed by atoms with Gasteiger partial charge in [0.05, 0.1) is 11.2 Å². The van der Waals surface area contributed by atoms with E-state index in [1.165, 1.54) is 4.90 Å². The van der Waals surface area contributed by atoms with Crippen molar-refractivity contribution in [1.82, 2.24) is 24.9 Å². The van der Waals surface area contributed by atoms with Crippen LogP contribution in [0, 0.1) is 0 Å². The Morgan fingerprint density at radius 2 is 1.90 bits per heavy atom. The van der Waals surface area contributed by atoms with E-state index in [0.29, 0.717) is 34.0 Å². The number of rotatable bonds is 3. The molecule has 0 amide bonds. The average molecular weight is 403 g/mol. The topological polar surface area (TPSA) is 94.5 Å². The second kappa shape index (κ2) is 6.60. The lowest BCUT2D eigenvalue weighted by atomic mass is 9.91. The van der Waals surface area contributed by atoms with E-state index >= 15 is 0 Å². The lowest BCUT2D eigenvalue weighted by Crippen LogP contribution is -2.56. The Bertz CT molecular complexity index is 1300. The molecule has 0 fully saturated rings. The molecule has 2 aromatic carbocycles. The van der Waals surface area contributed by atoms with Crippen molar-refractivity contribution in [2.75, 3.05) is 7.05 Å². The molecule has 0 saturated carbocycles. The fourth-order valence-corrected chi connectivity index (χ4v) is 3.65. The van der Waals surface area contributed by atoms with Crippen LogP contribution in [-0.2, 0) is 12.7 Å². The summed E-state index contributed by atoms with van der Waals surface area (Å²) in [5.74, 6) is 1.04. The first-order valence-electron chi connectivity index (χ1n) is 9.27. The van der Waals surface area contributed by atoms with Gasteiger partial charge in [0, 0.05) is 31.9 Å². The second-order valence-electron chi connectivity index (χ2n) is 7.04. The molecule has 3 heterocycles. The molecule has 150 valence electrons. The highest BCUT2D eigenvalue weighted by Crippen LogP contribution is 2.43. The zero-order valence-electron chi connectivity index (χ0n) is 16.3. The Morgan fingerprint density at radius 1 is 1.07 bits per heavy atom. The van der Waals surface area contributed by atoms with Gasteiger partial charge in [0.1, 0.15) is 22.7 Å². The molecule has 0 saturated heterocycles. The molecule has 1 atom stereocenters. The van der Waals surface area contributed by atoms with Gasteiger partial charge in [-0.1, -0.05) is 23.4 Å². The van der Waals surface area contributed by atoms with Crippen LogP contribution in [0.4, 0.5) is 10.1 Å². The van der Waals surface area contributed by atoms with Gasteiger partial charge < -0.3 is 9.64 Å². The third kappa shape index (κ3) is 2.63. The molecule has 9 heteroatoms. The van der Waals surface area contributed by atoms with E-state index < -0.39 is 11.8 Å². The van der Waals surface area contributed by atoms with Gasteiger partial charge in [0.15, 0.2) is 5.66 Å². The normalized spacial score (nSPS) is 18.3. The molecule has 5 rings (SSSR count). The number of nitrogens with two attached hydrogens (primary N) is 1. The maximum Gasteiger partial charge on any atom is 0.287 e. The standard InChI is InChI=1S/C21H18FN7O/c1-28-20(22)25-15-7-5-11-24-19(15)21(28,23)14-6-3-4-8-18(14)30-13-9-10-17-16(12-13)26-27-29(17)2/h3-12H,23H2,1-2H3. The molecule has 0 spiro atoms. The SMILES string of the molecule is CN1C(F)=Nc2cccnc2C1(N)c1ccccc1Oc1ccc2c(c1)nnn2C. The van der Waals surface area contributed by atoms with Gasteiger partial charge in [-0.05, 0) is 30.3 Å². The summed E-state index contributed by atoms with van der Waals surface area (Å²) >= 11 is 0. The van der Waals surface area contributed by atoms with Crippen LogP contribution < -0.4 is 10.5 Å². The summed E-state index contributed by atoms with van der Waals surface area (Å²) in [6.07, 6.45) is 0.909. The number of aryl methyl sites for hydroxylation is 1. The number of nitrogens with zero attached hydrogens (tertiary/aromatic N) is 6. The Hall–Kier alpha value is -3.85. The lowest BCUT2D eigenvalue weighted by molar-refractivity contribution is 0.230. The number of fused-ring (bicyclic) bond motifs is 2. The first-order chi connectivity index (χ1) is 14.5. The van der Waals surface area contributed by atoms with E-state index in [-0.39, 0.29) is 0 Å². The summed E-state index contributed by atoms with van der Waals surface area (Å²) in [7, 11) is 3.36. The summed E-state index contributed by atoms with van der Waals surface area (Å²) in [5.41, 5.74) is 8.36. The summed E-state index contributed by atoms with van der Waals surface area (Å²) in [6, 6.07) is 16.1. The number of hydrogen-bond donors (Lipinski definition) is 1. The summed E-state index contributed by atoms with van der Waals surface area (Å²) in [6.45, 7) is 0. The highest BCUT2D eigenvalue weighted by Gasteiger charge is 2.44. The molecule has 30 heavy (non-hydrogen) atoms. The molecular formula is C21H18FN7O. The summed E-state index contributed by atoms with van der Waals surface area (Å²) in [5, 5.41) is 8.13. The highest BCUT2D eigenvalue weighted by atomic mass is 19.1. The number of ether oxygens (including phenoxy) is 1. The number of amidine groups is 1. The average Bonchev–Trinajstić information content (AvgIpc) is 3.13. The van der Waals surface area contributed by atoms with Crippen molar-refractivity contribution in [3.63, 3.8) is 0 Å². The second-order valence-corrected chi connectivity index (χ2v) is 7.04. The highest BCUT2D eigenvalue weighted by molar-refractivity contribution is 5.81. The van der Waals surface area contributed by atoms with Crippen molar-refractivity contribution >= 4 is 22.8 Å². The number of hydrogen-bond acceptors (Lipinski definition) is 7. The maximum atomic E-state index is 14.7. The van der Waals surface area contributed by atoms with Gasteiger partial charge in [-0.3, -0.25) is 10.7 Å². The fraction of sp³-hybridized carbons (Fsp3) is 0.143. The summed E-state index contributed by atoms with van der Waals surface area (Å²) in [4.78, 5) is 9.64. The first kappa shape index (κ1) is 18.2. The number of benzene rings is 2. The van der Waals surface area contributed by atoms with Crippen LogP contribution in [0.2, 0.25) is 0 Å². The van der Waals surface area contributed by atoms with Crippen LogP contribution in [-0.4, -0.2) is 38.0 Å². The van der Waals surface area contributed by atoms with E-state index in [2.05, 4.69) is 20.3 Å². The lowest BCUT2D eigenvalue weighted by Gasteiger charge is -2.41. The van der Waals surface area contributed by atoms with Gasteiger partial charge in [0.25, 0.3) is 6.09 Å². The molecule has 1 unspecified atom stereocenters. The minimum absolute atomic E-state index is 0.381. The Kier molecular flexibility index (Phi) is 4.00. The molecule has 0 bridgehead atoms. The maximum absolute atomic E-state index is 14.7. The fourth-order valence-electron chi connectivity index (χ4n) is 3.65. The number of para-hydroxylation sites is 1. The molecule has 8 nitrogen and oxygen atoms in total. The van der Waals surface area contributed by atoms with Crippen molar-refractivity contribution in [1.29, 1.82) is 0 Å². The van der Waals surface area contributed by atoms with Gasteiger partial charge in [-0.2, -0.15) is 4.39 Å².